The van der Waals surface area contributed by atoms with Gasteiger partial charge in [0.05, 0.1) is 19.8 Å². The van der Waals surface area contributed by atoms with Crippen molar-refractivity contribution in [1.29, 1.82) is 0 Å². The summed E-state index contributed by atoms with van der Waals surface area (Å²) in [5, 5.41) is 10.1. The summed E-state index contributed by atoms with van der Waals surface area (Å²) in [7, 11) is 0. The summed E-state index contributed by atoms with van der Waals surface area (Å²) < 4.78 is 19.4. The van der Waals surface area contributed by atoms with Crippen LogP contribution in [0.25, 0.3) is 11.4 Å². The van der Waals surface area contributed by atoms with Gasteiger partial charge in [-0.15, -0.1) is 0 Å². The van der Waals surface area contributed by atoms with E-state index in [2.05, 4.69) is 22.4 Å². The first-order chi connectivity index (χ1) is 16.5. The predicted molar refractivity (Wildman–Crippen MR) is 135 cm³/mol. The Kier molecular flexibility index (Phi) is 9.51. The van der Waals surface area contributed by atoms with E-state index in [0.717, 1.165) is 24.2 Å². The Hall–Kier alpha value is -3.33. The Morgan fingerprint density at radius 2 is 1.71 bits per heavy atom. The van der Waals surface area contributed by atoms with E-state index in [0.29, 0.717) is 54.1 Å². The molecule has 0 saturated heterocycles. The molecule has 3 aromatic rings. The van der Waals surface area contributed by atoms with Crippen molar-refractivity contribution < 1.29 is 19.0 Å². The standard InChI is InChI=1S/C25H32N4O4S/c1-4-15-32-21-12-9-19(17-22(21)33-16-5-2)26-23(30)13-14-29-24(27-28-25(29)34)18-7-10-20(11-8-18)31-6-3/h7-12,17H,4-6,13-16H2,1-3H3,(H,26,30)(H,28,34). The van der Waals surface area contributed by atoms with Gasteiger partial charge in [0.1, 0.15) is 5.75 Å². The molecule has 0 spiro atoms. The molecule has 2 N–H and O–H groups in total. The number of ether oxygens (including phenoxy) is 3. The molecule has 0 aliphatic heterocycles. The molecule has 182 valence electrons. The topological polar surface area (TPSA) is 90.4 Å². The molecule has 9 heteroatoms. The summed E-state index contributed by atoms with van der Waals surface area (Å²) in [6.45, 7) is 8.21. The number of H-pyrrole nitrogens is 1. The van der Waals surface area contributed by atoms with Gasteiger partial charge in [-0.3, -0.25) is 14.5 Å². The zero-order valence-electron chi connectivity index (χ0n) is 19.9. The third-order valence-electron chi connectivity index (χ3n) is 4.90. The van der Waals surface area contributed by atoms with Gasteiger partial charge in [0.15, 0.2) is 22.1 Å². The smallest absolute Gasteiger partial charge is 0.226 e. The molecule has 3 rings (SSSR count). The minimum atomic E-state index is -0.135. The summed E-state index contributed by atoms with van der Waals surface area (Å²) in [6.07, 6.45) is 2.02. The predicted octanol–water partition coefficient (Wildman–Crippen LogP) is 5.61. The number of benzene rings is 2. The normalized spacial score (nSPS) is 10.7. The van der Waals surface area contributed by atoms with Crippen LogP contribution < -0.4 is 19.5 Å². The maximum absolute atomic E-state index is 12.7. The van der Waals surface area contributed by atoms with Gasteiger partial charge in [0, 0.05) is 30.3 Å². The minimum absolute atomic E-state index is 0.135. The lowest BCUT2D eigenvalue weighted by molar-refractivity contribution is -0.116. The molecule has 8 nitrogen and oxygen atoms in total. The molecule has 0 bridgehead atoms. The van der Waals surface area contributed by atoms with E-state index in [9.17, 15) is 4.79 Å². The van der Waals surface area contributed by atoms with Crippen LogP contribution in [0.15, 0.2) is 42.5 Å². The Balaban J connectivity index is 1.66. The maximum Gasteiger partial charge on any atom is 0.226 e. The van der Waals surface area contributed by atoms with Gasteiger partial charge in [0.25, 0.3) is 0 Å². The molecule has 1 heterocycles. The van der Waals surface area contributed by atoms with Crippen molar-refractivity contribution in [2.45, 2.75) is 46.6 Å². The summed E-state index contributed by atoms with van der Waals surface area (Å²) in [5.74, 6) is 2.64. The summed E-state index contributed by atoms with van der Waals surface area (Å²) in [6, 6.07) is 13.1. The van der Waals surface area contributed by atoms with E-state index < -0.39 is 0 Å². The molecule has 0 atom stereocenters. The van der Waals surface area contributed by atoms with Crippen molar-refractivity contribution in [3.8, 4) is 28.6 Å². The highest BCUT2D eigenvalue weighted by Gasteiger charge is 2.13. The molecule has 1 amide bonds. The summed E-state index contributed by atoms with van der Waals surface area (Å²) in [4.78, 5) is 12.7. The third-order valence-corrected chi connectivity index (χ3v) is 5.21. The van der Waals surface area contributed by atoms with E-state index in [1.807, 2.05) is 54.8 Å². The fraction of sp³-hybridized carbons (Fsp3) is 0.400. The number of amides is 1. The molecule has 2 aromatic carbocycles. The number of hydrogen-bond donors (Lipinski definition) is 2. The van der Waals surface area contributed by atoms with Crippen LogP contribution in [0.2, 0.25) is 0 Å². The van der Waals surface area contributed by atoms with Gasteiger partial charge < -0.3 is 19.5 Å². The van der Waals surface area contributed by atoms with Crippen molar-refractivity contribution in [3.63, 3.8) is 0 Å². The number of rotatable bonds is 13. The number of aromatic nitrogens is 3. The molecule has 0 saturated carbocycles. The van der Waals surface area contributed by atoms with Gasteiger partial charge in [-0.1, -0.05) is 13.8 Å². The van der Waals surface area contributed by atoms with Gasteiger partial charge in [-0.05, 0) is 68.4 Å². The lowest BCUT2D eigenvalue weighted by Gasteiger charge is -2.14. The second-order valence-electron chi connectivity index (χ2n) is 7.62. The number of carbonyl (C=O) groups is 1. The van der Waals surface area contributed by atoms with Crippen molar-refractivity contribution in [2.75, 3.05) is 25.1 Å². The van der Waals surface area contributed by atoms with Crippen LogP contribution >= 0.6 is 12.2 Å². The number of anilines is 1. The minimum Gasteiger partial charge on any atom is -0.494 e. The number of aromatic amines is 1. The van der Waals surface area contributed by atoms with Crippen LogP contribution in [-0.2, 0) is 11.3 Å². The third kappa shape index (κ3) is 6.84. The molecular weight excluding hydrogens is 452 g/mol. The first kappa shape index (κ1) is 25.3. The Labute approximate surface area is 205 Å². The molecular formula is C25H32N4O4S. The highest BCUT2D eigenvalue weighted by molar-refractivity contribution is 7.71. The molecule has 34 heavy (non-hydrogen) atoms. The number of nitrogens with zero attached hydrogens (tertiary/aromatic N) is 2. The fourth-order valence-corrected chi connectivity index (χ4v) is 3.51. The molecule has 1 aromatic heterocycles. The van der Waals surface area contributed by atoms with E-state index in [1.54, 1.807) is 6.07 Å². The lowest BCUT2D eigenvalue weighted by Crippen LogP contribution is -2.15. The zero-order valence-corrected chi connectivity index (χ0v) is 20.7. The lowest BCUT2D eigenvalue weighted by atomic mass is 10.2. The van der Waals surface area contributed by atoms with Crippen LogP contribution in [-0.4, -0.2) is 40.5 Å². The van der Waals surface area contributed by atoms with Crippen LogP contribution in [0.3, 0.4) is 0 Å². The van der Waals surface area contributed by atoms with Crippen molar-refractivity contribution >= 4 is 23.8 Å². The van der Waals surface area contributed by atoms with Gasteiger partial charge in [-0.2, -0.15) is 5.10 Å². The maximum atomic E-state index is 12.7. The fourth-order valence-electron chi connectivity index (χ4n) is 3.29. The van der Waals surface area contributed by atoms with E-state index in [-0.39, 0.29) is 12.3 Å². The number of nitrogens with one attached hydrogen (secondary N) is 2. The van der Waals surface area contributed by atoms with E-state index in [4.69, 9.17) is 26.4 Å². The Morgan fingerprint density at radius 3 is 2.38 bits per heavy atom. The highest BCUT2D eigenvalue weighted by Crippen LogP contribution is 2.31. The summed E-state index contributed by atoms with van der Waals surface area (Å²) in [5.41, 5.74) is 1.54. The quantitative estimate of drug-likeness (QED) is 0.306. The Bertz CT molecular complexity index is 1120. The molecule has 0 fully saturated rings. The van der Waals surface area contributed by atoms with Crippen LogP contribution in [0.1, 0.15) is 40.0 Å². The highest BCUT2D eigenvalue weighted by atomic mass is 32.1. The van der Waals surface area contributed by atoms with E-state index >= 15 is 0 Å². The second-order valence-corrected chi connectivity index (χ2v) is 8.00. The van der Waals surface area contributed by atoms with Crippen LogP contribution in [0.5, 0.6) is 17.2 Å². The molecule has 0 radical (unpaired) electrons. The van der Waals surface area contributed by atoms with Crippen LogP contribution in [0.4, 0.5) is 5.69 Å². The first-order valence-electron chi connectivity index (χ1n) is 11.6. The van der Waals surface area contributed by atoms with E-state index in [1.165, 1.54) is 0 Å². The molecule has 0 unspecified atom stereocenters. The average Bonchev–Trinajstić information content (AvgIpc) is 3.21. The van der Waals surface area contributed by atoms with Crippen molar-refractivity contribution in [2.24, 2.45) is 0 Å². The number of hydrogen-bond acceptors (Lipinski definition) is 6. The second kappa shape index (κ2) is 12.8. The molecule has 0 aliphatic rings. The number of carbonyl (C=O) groups excluding carboxylic acids is 1. The first-order valence-corrected chi connectivity index (χ1v) is 12.0. The SMILES string of the molecule is CCCOc1ccc(NC(=O)CCn2c(-c3ccc(OCC)cc3)n[nH]c2=S)cc1OCCC. The zero-order chi connectivity index (χ0) is 24.3. The molecule has 0 aliphatic carbocycles. The van der Waals surface area contributed by atoms with Crippen molar-refractivity contribution in [1.82, 2.24) is 14.8 Å². The van der Waals surface area contributed by atoms with Gasteiger partial charge in [-0.25, -0.2) is 0 Å². The summed E-state index contributed by atoms with van der Waals surface area (Å²) >= 11 is 5.39. The monoisotopic (exact) mass is 484 g/mol. The van der Waals surface area contributed by atoms with Gasteiger partial charge in [0.2, 0.25) is 5.91 Å². The van der Waals surface area contributed by atoms with Crippen molar-refractivity contribution in [3.05, 3.63) is 47.2 Å². The largest absolute Gasteiger partial charge is 0.494 e. The van der Waals surface area contributed by atoms with Crippen LogP contribution in [0, 0.1) is 4.77 Å². The average molecular weight is 485 g/mol. The Morgan fingerprint density at radius 1 is 1.00 bits per heavy atom. The van der Waals surface area contributed by atoms with Gasteiger partial charge >= 0.3 is 0 Å².